The van der Waals surface area contributed by atoms with Gasteiger partial charge in [0.25, 0.3) is 0 Å². The fourth-order valence-electron chi connectivity index (χ4n) is 3.47. The van der Waals surface area contributed by atoms with Gasteiger partial charge in [-0.3, -0.25) is 9.59 Å². The molecule has 1 saturated carbocycles. The predicted molar refractivity (Wildman–Crippen MR) is 87.7 cm³/mol. The molecule has 0 atom stereocenters. The maximum atomic E-state index is 12.5. The molecule has 1 aliphatic rings. The third kappa shape index (κ3) is 3.39. The van der Waals surface area contributed by atoms with Crippen LogP contribution in [0.1, 0.15) is 50.6 Å². The van der Waals surface area contributed by atoms with Gasteiger partial charge < -0.3 is 10.2 Å². The molecule has 2 N–H and O–H groups in total. The quantitative estimate of drug-likeness (QED) is 0.859. The molecule has 0 aliphatic heterocycles. The summed E-state index contributed by atoms with van der Waals surface area (Å²) in [5.74, 6) is -0.731. The Kier molecular flexibility index (Phi) is 4.78. The van der Waals surface area contributed by atoms with E-state index in [0.717, 1.165) is 25.0 Å². The Morgan fingerprint density at radius 2 is 1.96 bits per heavy atom. The Balaban J connectivity index is 2.01. The minimum Gasteiger partial charge on any atom is -0.511 e. The molecule has 3 rings (SSSR count). The number of hydrogen-bond acceptors (Lipinski definition) is 5. The van der Waals surface area contributed by atoms with Gasteiger partial charge >= 0.3 is 5.97 Å². The second-order valence-electron chi connectivity index (χ2n) is 6.42. The Labute approximate surface area is 138 Å². The average Bonchev–Trinajstić information content (AvgIpc) is 3.03. The molecule has 0 amide bonds. The Morgan fingerprint density at radius 3 is 2.67 bits per heavy atom. The topological polar surface area (TPSA) is 105 Å². The van der Waals surface area contributed by atoms with E-state index in [1.54, 1.807) is 4.52 Å². The SMILES string of the molecule is O=C(O)CC/C(O)=c1\c(=O)cc(CC2CCCCC2)n2ncnc12. The first-order valence-corrected chi connectivity index (χ1v) is 8.36. The zero-order chi connectivity index (χ0) is 17.1. The van der Waals surface area contributed by atoms with Crippen molar-refractivity contribution >= 4 is 17.4 Å². The van der Waals surface area contributed by atoms with Crippen molar-refractivity contribution in [3.63, 3.8) is 0 Å². The van der Waals surface area contributed by atoms with E-state index in [-0.39, 0.29) is 29.2 Å². The van der Waals surface area contributed by atoms with Crippen molar-refractivity contribution < 1.29 is 15.0 Å². The molecule has 2 aromatic heterocycles. The van der Waals surface area contributed by atoms with Crippen molar-refractivity contribution in [3.8, 4) is 0 Å². The monoisotopic (exact) mass is 331 g/mol. The number of pyridine rings is 1. The van der Waals surface area contributed by atoms with Gasteiger partial charge in [-0.05, 0) is 12.3 Å². The number of carboxylic acids is 1. The molecule has 0 radical (unpaired) electrons. The van der Waals surface area contributed by atoms with Crippen LogP contribution in [-0.2, 0) is 11.2 Å². The van der Waals surface area contributed by atoms with Crippen LogP contribution >= 0.6 is 0 Å². The average molecular weight is 331 g/mol. The van der Waals surface area contributed by atoms with Crippen LogP contribution in [0.25, 0.3) is 11.4 Å². The second-order valence-corrected chi connectivity index (χ2v) is 6.42. The van der Waals surface area contributed by atoms with Crippen molar-refractivity contribution in [1.82, 2.24) is 14.6 Å². The number of carbonyl (C=O) groups is 1. The molecule has 7 nitrogen and oxygen atoms in total. The smallest absolute Gasteiger partial charge is 0.303 e. The van der Waals surface area contributed by atoms with Crippen LogP contribution in [0.15, 0.2) is 17.2 Å². The first-order valence-electron chi connectivity index (χ1n) is 8.36. The highest BCUT2D eigenvalue weighted by atomic mass is 16.4. The van der Waals surface area contributed by atoms with Crippen molar-refractivity contribution in [2.45, 2.75) is 51.4 Å². The number of nitrogens with zero attached hydrogens (tertiary/aromatic N) is 3. The van der Waals surface area contributed by atoms with Crippen molar-refractivity contribution in [3.05, 3.63) is 33.5 Å². The molecule has 2 heterocycles. The van der Waals surface area contributed by atoms with Crippen LogP contribution in [0.3, 0.4) is 0 Å². The fourth-order valence-corrected chi connectivity index (χ4v) is 3.47. The number of hydrogen-bond donors (Lipinski definition) is 2. The molecule has 128 valence electrons. The minimum absolute atomic E-state index is 0.0566. The van der Waals surface area contributed by atoms with Gasteiger partial charge in [0.05, 0.1) is 6.42 Å². The summed E-state index contributed by atoms with van der Waals surface area (Å²) >= 11 is 0. The number of rotatable bonds is 5. The highest BCUT2D eigenvalue weighted by Gasteiger charge is 2.18. The van der Waals surface area contributed by atoms with E-state index in [1.165, 1.54) is 31.7 Å². The summed E-state index contributed by atoms with van der Waals surface area (Å²) in [7, 11) is 0. The van der Waals surface area contributed by atoms with Crippen molar-refractivity contribution in [1.29, 1.82) is 0 Å². The molecule has 2 aromatic rings. The highest BCUT2D eigenvalue weighted by molar-refractivity contribution is 5.68. The highest BCUT2D eigenvalue weighted by Crippen LogP contribution is 2.26. The minimum atomic E-state index is -1.03. The molecular formula is C17H21N3O4. The fraction of sp³-hybridized carbons (Fsp3) is 0.529. The van der Waals surface area contributed by atoms with E-state index in [2.05, 4.69) is 10.1 Å². The van der Waals surface area contributed by atoms with E-state index in [0.29, 0.717) is 11.6 Å². The van der Waals surface area contributed by atoms with Crippen LogP contribution in [0.4, 0.5) is 0 Å². The summed E-state index contributed by atoms with van der Waals surface area (Å²) in [5, 5.41) is 23.1. The summed E-state index contributed by atoms with van der Waals surface area (Å²) in [6.45, 7) is 0. The van der Waals surface area contributed by atoms with E-state index in [1.807, 2.05) is 0 Å². The van der Waals surface area contributed by atoms with Crippen LogP contribution in [0.2, 0.25) is 0 Å². The van der Waals surface area contributed by atoms with Crippen LogP contribution < -0.4 is 10.6 Å². The molecule has 0 saturated heterocycles. The molecule has 0 spiro atoms. The van der Waals surface area contributed by atoms with E-state index >= 15 is 0 Å². The maximum absolute atomic E-state index is 12.5. The van der Waals surface area contributed by atoms with Gasteiger partial charge in [0.15, 0.2) is 11.1 Å². The van der Waals surface area contributed by atoms with Gasteiger partial charge in [0.2, 0.25) is 0 Å². The van der Waals surface area contributed by atoms with Gasteiger partial charge in [0.1, 0.15) is 17.3 Å². The van der Waals surface area contributed by atoms with Crippen LogP contribution in [0.5, 0.6) is 0 Å². The first-order chi connectivity index (χ1) is 11.6. The van der Waals surface area contributed by atoms with Gasteiger partial charge in [-0.2, -0.15) is 5.10 Å². The van der Waals surface area contributed by atoms with Gasteiger partial charge in [-0.1, -0.05) is 32.1 Å². The normalized spacial score (nSPS) is 17.2. The van der Waals surface area contributed by atoms with E-state index in [9.17, 15) is 14.7 Å². The van der Waals surface area contributed by atoms with Crippen molar-refractivity contribution in [2.75, 3.05) is 0 Å². The molecule has 24 heavy (non-hydrogen) atoms. The lowest BCUT2D eigenvalue weighted by Crippen LogP contribution is -2.31. The number of fused-ring (bicyclic) bond motifs is 1. The number of carboxylic acid groups (broad SMARTS) is 1. The van der Waals surface area contributed by atoms with Crippen molar-refractivity contribution in [2.24, 2.45) is 5.92 Å². The van der Waals surface area contributed by atoms with Crippen LogP contribution in [-0.4, -0.2) is 30.8 Å². The maximum Gasteiger partial charge on any atom is 0.303 e. The Morgan fingerprint density at radius 1 is 1.21 bits per heavy atom. The summed E-state index contributed by atoms with van der Waals surface area (Å²) in [6.07, 6.45) is 7.80. The Bertz CT molecular complexity index is 853. The lowest BCUT2D eigenvalue weighted by molar-refractivity contribution is -0.136. The number of aromatic nitrogens is 3. The Hall–Kier alpha value is -2.44. The summed E-state index contributed by atoms with van der Waals surface area (Å²) in [4.78, 5) is 27.2. The van der Waals surface area contributed by atoms with E-state index in [4.69, 9.17) is 5.11 Å². The molecule has 0 bridgehead atoms. The number of aliphatic hydroxyl groups is 1. The lowest BCUT2D eigenvalue weighted by Gasteiger charge is -2.21. The molecule has 1 fully saturated rings. The summed E-state index contributed by atoms with van der Waals surface area (Å²) in [6, 6.07) is 1.50. The zero-order valence-corrected chi connectivity index (χ0v) is 13.4. The van der Waals surface area contributed by atoms with Gasteiger partial charge in [-0.25, -0.2) is 9.50 Å². The van der Waals surface area contributed by atoms with Gasteiger partial charge in [-0.15, -0.1) is 0 Å². The molecular weight excluding hydrogens is 310 g/mol. The van der Waals surface area contributed by atoms with Crippen LogP contribution in [0, 0.1) is 5.92 Å². The molecule has 0 unspecified atom stereocenters. The first kappa shape index (κ1) is 16.4. The molecule has 0 aromatic carbocycles. The lowest BCUT2D eigenvalue weighted by atomic mass is 9.86. The summed E-state index contributed by atoms with van der Waals surface area (Å²) in [5.41, 5.74) is 0.773. The number of aliphatic hydroxyl groups excluding tert-OH is 1. The number of aliphatic carboxylic acids is 1. The third-order valence-corrected chi connectivity index (χ3v) is 4.67. The second kappa shape index (κ2) is 6.98. The predicted octanol–water partition coefficient (Wildman–Crippen LogP) is 1.46. The standard InChI is InChI=1S/C17H21N3O4/c21-13(6-7-15(23)24)16-14(22)9-12(20-17(16)18-10-19-20)8-11-4-2-1-3-5-11/h9-11,21H,1-8H2,(H,23,24)/b16-13-. The molecule has 7 heteroatoms. The van der Waals surface area contributed by atoms with E-state index < -0.39 is 5.97 Å². The molecule has 1 aliphatic carbocycles. The van der Waals surface area contributed by atoms with Gasteiger partial charge in [0, 0.05) is 18.2 Å². The largest absolute Gasteiger partial charge is 0.511 e. The third-order valence-electron chi connectivity index (χ3n) is 4.67. The zero-order valence-electron chi connectivity index (χ0n) is 13.4. The summed E-state index contributed by atoms with van der Waals surface area (Å²) < 4.78 is 1.60.